The monoisotopic (exact) mass is 520 g/mol. The summed E-state index contributed by atoms with van der Waals surface area (Å²) in [4.78, 5) is 21.0. The number of rotatable bonds is 11. The molecule has 0 heterocycles. The van der Waals surface area contributed by atoms with E-state index < -0.39 is 51.7 Å². The van der Waals surface area contributed by atoms with Gasteiger partial charge in [-0.25, -0.2) is 22.0 Å². The number of carbonyl (C=O) groups is 2. The lowest BCUT2D eigenvalue weighted by Gasteiger charge is -2.23. The van der Waals surface area contributed by atoms with Gasteiger partial charge in [0.2, 0.25) is 5.91 Å². The van der Waals surface area contributed by atoms with E-state index in [1.807, 2.05) is 13.8 Å². The lowest BCUT2D eigenvalue weighted by Crippen LogP contribution is -2.48. The number of aliphatic carboxylic acids is 1. The Morgan fingerprint density at radius 1 is 1.09 bits per heavy atom. The van der Waals surface area contributed by atoms with Crippen molar-refractivity contribution in [3.8, 4) is 0 Å². The maximum Gasteiger partial charge on any atom is 0.490 e. The lowest BCUT2D eigenvalue weighted by molar-refractivity contribution is -0.192. The Labute approximate surface area is 194 Å². The van der Waals surface area contributed by atoms with Crippen molar-refractivity contribution in [1.29, 1.82) is 0 Å². The van der Waals surface area contributed by atoms with Gasteiger partial charge in [-0.1, -0.05) is 13.8 Å². The smallest absolute Gasteiger partial charge is 0.475 e. The van der Waals surface area contributed by atoms with Crippen molar-refractivity contribution in [3.63, 3.8) is 0 Å². The summed E-state index contributed by atoms with van der Waals surface area (Å²) in [5, 5.41) is 19.6. The fraction of sp³-hybridized carbons (Fsp3) is 0.600. The number of alkyl halides is 3. The predicted molar refractivity (Wildman–Crippen MR) is 113 cm³/mol. The topological polar surface area (TPSA) is 147 Å². The van der Waals surface area contributed by atoms with Gasteiger partial charge in [-0.3, -0.25) is 4.79 Å². The quantitative estimate of drug-likeness (QED) is 0.325. The van der Waals surface area contributed by atoms with Crippen molar-refractivity contribution in [2.45, 2.75) is 51.4 Å². The van der Waals surface area contributed by atoms with E-state index >= 15 is 0 Å². The maximum atomic E-state index is 13.3. The second-order valence-electron chi connectivity index (χ2n) is 7.85. The van der Waals surface area contributed by atoms with Crippen LogP contribution in [0.25, 0.3) is 0 Å². The highest BCUT2D eigenvalue weighted by molar-refractivity contribution is 7.91. The number of hydrogen-bond donors (Lipinski definition) is 4. The highest BCUT2D eigenvalue weighted by atomic mass is 32.2. The van der Waals surface area contributed by atoms with Crippen LogP contribution in [0, 0.1) is 17.6 Å². The van der Waals surface area contributed by atoms with Crippen molar-refractivity contribution in [3.05, 3.63) is 35.4 Å². The standard InChI is InChI=1S/C18H28F2N2O4S.C2HF3O2/c1-12(2)3-5-27(25,26)6-4-18(24)22-16(17(23)11-21)9-13-7-14(19)10-15(20)8-13;3-2(4,5)1(6)7/h7-8,10,12,16-17,23H,3-6,9,11,21H2,1-2H3,(H,22,24);(H,6,7)/t16-,17+;/m0./s1. The number of amides is 1. The summed E-state index contributed by atoms with van der Waals surface area (Å²) in [6, 6.07) is 2.03. The van der Waals surface area contributed by atoms with Crippen LogP contribution in [0.4, 0.5) is 22.0 Å². The SMILES string of the molecule is CC(C)CCS(=O)(=O)CCC(=O)N[C@@H](Cc1cc(F)cc(F)c1)[C@H](O)CN.O=C(O)C(F)(F)F. The number of nitrogens with two attached hydrogens (primary N) is 1. The molecule has 0 aliphatic carbocycles. The van der Waals surface area contributed by atoms with Gasteiger partial charge in [-0.2, -0.15) is 13.2 Å². The Morgan fingerprint density at radius 2 is 1.59 bits per heavy atom. The van der Waals surface area contributed by atoms with Crippen LogP contribution >= 0.6 is 0 Å². The van der Waals surface area contributed by atoms with Crippen LogP contribution < -0.4 is 11.1 Å². The van der Waals surface area contributed by atoms with Crippen molar-refractivity contribution >= 4 is 21.7 Å². The van der Waals surface area contributed by atoms with E-state index in [0.29, 0.717) is 6.42 Å². The van der Waals surface area contributed by atoms with E-state index in [-0.39, 0.29) is 42.4 Å². The Hall–Kier alpha value is -2.32. The molecule has 5 N–H and O–H groups in total. The Balaban J connectivity index is 0.00000135. The molecule has 0 aliphatic rings. The summed E-state index contributed by atoms with van der Waals surface area (Å²) >= 11 is 0. The van der Waals surface area contributed by atoms with E-state index in [9.17, 15) is 40.3 Å². The van der Waals surface area contributed by atoms with E-state index in [2.05, 4.69) is 5.32 Å². The maximum absolute atomic E-state index is 13.3. The number of benzene rings is 1. The molecule has 34 heavy (non-hydrogen) atoms. The van der Waals surface area contributed by atoms with Crippen molar-refractivity contribution in [2.75, 3.05) is 18.1 Å². The molecule has 0 saturated carbocycles. The molecule has 0 radical (unpaired) electrons. The summed E-state index contributed by atoms with van der Waals surface area (Å²) in [6.45, 7) is 3.65. The van der Waals surface area contributed by atoms with E-state index in [0.717, 1.165) is 18.2 Å². The minimum atomic E-state index is -5.08. The summed E-state index contributed by atoms with van der Waals surface area (Å²) in [6.07, 6.45) is -6.01. The first-order valence-corrected chi connectivity index (χ1v) is 11.9. The number of carboxylic acids is 1. The van der Waals surface area contributed by atoms with Gasteiger partial charge in [0.15, 0.2) is 9.84 Å². The molecule has 8 nitrogen and oxygen atoms in total. The molecule has 1 aromatic carbocycles. The lowest BCUT2D eigenvalue weighted by atomic mass is 10.0. The molecule has 0 saturated heterocycles. The van der Waals surface area contributed by atoms with Gasteiger partial charge in [-0.15, -0.1) is 0 Å². The van der Waals surface area contributed by atoms with Crippen LogP contribution in [0.2, 0.25) is 0 Å². The molecule has 1 aromatic rings. The summed E-state index contributed by atoms with van der Waals surface area (Å²) < 4.78 is 82.3. The van der Waals surface area contributed by atoms with Crippen LogP contribution in [0.1, 0.15) is 32.3 Å². The van der Waals surface area contributed by atoms with Gasteiger partial charge in [-0.05, 0) is 36.5 Å². The number of carbonyl (C=O) groups excluding carboxylic acids is 1. The number of sulfone groups is 1. The molecule has 0 aliphatic heterocycles. The summed E-state index contributed by atoms with van der Waals surface area (Å²) in [5.74, 6) is -4.92. The molecule has 0 bridgehead atoms. The first kappa shape index (κ1) is 31.7. The van der Waals surface area contributed by atoms with E-state index in [1.54, 1.807) is 0 Å². The van der Waals surface area contributed by atoms with Crippen LogP contribution in [0.15, 0.2) is 18.2 Å². The normalized spacial score (nSPS) is 13.6. The number of aliphatic hydroxyl groups is 1. The highest BCUT2D eigenvalue weighted by Crippen LogP contribution is 2.13. The third kappa shape index (κ3) is 14.1. The van der Waals surface area contributed by atoms with Crippen LogP contribution in [0.3, 0.4) is 0 Å². The van der Waals surface area contributed by atoms with Crippen LogP contribution in [-0.2, 0) is 25.8 Å². The van der Waals surface area contributed by atoms with Gasteiger partial charge < -0.3 is 21.3 Å². The van der Waals surface area contributed by atoms with Gasteiger partial charge >= 0.3 is 12.1 Å². The summed E-state index contributed by atoms with van der Waals surface area (Å²) in [5.41, 5.74) is 5.67. The summed E-state index contributed by atoms with van der Waals surface area (Å²) in [7, 11) is -3.35. The van der Waals surface area contributed by atoms with Crippen molar-refractivity contribution < 1.29 is 50.2 Å². The molecule has 14 heteroatoms. The molecular weight excluding hydrogens is 491 g/mol. The fourth-order valence-corrected chi connectivity index (χ4v) is 4.01. The zero-order valence-electron chi connectivity index (χ0n) is 18.6. The first-order valence-electron chi connectivity index (χ1n) is 10.1. The number of nitrogens with one attached hydrogen (secondary N) is 1. The van der Waals surface area contributed by atoms with Crippen LogP contribution in [-0.4, -0.2) is 66.9 Å². The second kappa shape index (κ2) is 14.2. The molecule has 1 amide bonds. The van der Waals surface area contributed by atoms with Crippen molar-refractivity contribution in [1.82, 2.24) is 5.32 Å². The molecule has 196 valence electrons. The van der Waals surface area contributed by atoms with E-state index in [4.69, 9.17) is 15.6 Å². The van der Waals surface area contributed by atoms with Crippen LogP contribution in [0.5, 0.6) is 0 Å². The first-order chi connectivity index (χ1) is 15.5. The minimum absolute atomic E-state index is 0.00929. The van der Waals surface area contributed by atoms with Gasteiger partial charge in [0.25, 0.3) is 0 Å². The molecule has 0 aromatic heterocycles. The predicted octanol–water partition coefficient (Wildman–Crippen LogP) is 1.80. The molecule has 2 atom stereocenters. The minimum Gasteiger partial charge on any atom is -0.475 e. The molecular formula is C20H29F5N2O6S. The van der Waals surface area contributed by atoms with E-state index in [1.165, 1.54) is 0 Å². The second-order valence-corrected chi connectivity index (χ2v) is 10.1. The Bertz CT molecular complexity index is 889. The molecule has 1 rings (SSSR count). The highest BCUT2D eigenvalue weighted by Gasteiger charge is 2.38. The fourth-order valence-electron chi connectivity index (χ4n) is 2.47. The number of carboxylic acid groups (broad SMARTS) is 1. The van der Waals surface area contributed by atoms with Gasteiger partial charge in [0.05, 0.1) is 23.7 Å². The third-order valence-electron chi connectivity index (χ3n) is 4.32. The average molecular weight is 521 g/mol. The molecule has 0 spiro atoms. The Kier molecular flexibility index (Phi) is 13.2. The number of halogens is 5. The third-order valence-corrected chi connectivity index (χ3v) is 6.00. The average Bonchev–Trinajstić information content (AvgIpc) is 2.69. The zero-order chi connectivity index (χ0) is 26.7. The molecule has 0 unspecified atom stereocenters. The molecule has 0 fully saturated rings. The largest absolute Gasteiger partial charge is 0.490 e. The number of hydrogen-bond acceptors (Lipinski definition) is 6. The Morgan fingerprint density at radius 3 is 2.00 bits per heavy atom. The zero-order valence-corrected chi connectivity index (χ0v) is 19.4. The number of aliphatic hydroxyl groups excluding tert-OH is 1. The van der Waals surface area contributed by atoms with Gasteiger partial charge in [0, 0.05) is 19.0 Å². The van der Waals surface area contributed by atoms with Crippen molar-refractivity contribution in [2.24, 2.45) is 11.7 Å². The van der Waals surface area contributed by atoms with Gasteiger partial charge in [0.1, 0.15) is 11.6 Å².